The van der Waals surface area contributed by atoms with Crippen molar-refractivity contribution in [2.75, 3.05) is 13.2 Å². The van der Waals surface area contributed by atoms with Gasteiger partial charge in [-0.05, 0) is 88.5 Å². The van der Waals surface area contributed by atoms with E-state index in [2.05, 4.69) is 153 Å². The summed E-state index contributed by atoms with van der Waals surface area (Å²) in [6.07, 6.45) is 2.10. The van der Waals surface area contributed by atoms with Crippen LogP contribution in [0.5, 0.6) is 0 Å². The van der Waals surface area contributed by atoms with Crippen LogP contribution in [0.2, 0.25) is 0 Å². The molecule has 2 heterocycles. The highest BCUT2D eigenvalue weighted by Crippen LogP contribution is 2.45. The van der Waals surface area contributed by atoms with Crippen LogP contribution < -0.4 is 0 Å². The van der Waals surface area contributed by atoms with Crippen LogP contribution in [0.1, 0.15) is 52.3 Å². The van der Waals surface area contributed by atoms with Crippen molar-refractivity contribution in [1.29, 1.82) is 0 Å². The second-order valence-corrected chi connectivity index (χ2v) is 19.3. The van der Waals surface area contributed by atoms with Gasteiger partial charge in [-0.1, -0.05) is 226 Å². The lowest BCUT2D eigenvalue weighted by atomic mass is 9.66. The molecule has 0 amide bonds. The van der Waals surface area contributed by atoms with Crippen LogP contribution in [0.3, 0.4) is 0 Å². The Labute approximate surface area is 427 Å². The Hall–Kier alpha value is -6.00. The van der Waals surface area contributed by atoms with E-state index < -0.39 is 30.2 Å². The van der Waals surface area contributed by atoms with Gasteiger partial charge >= 0.3 is 0 Å². The average Bonchev–Trinajstić information content (AvgIpc) is 3.44. The fourth-order valence-electron chi connectivity index (χ4n) is 10.8. The third-order valence-electron chi connectivity index (χ3n) is 14.5. The quantitative estimate of drug-likeness (QED) is 0.0559. The van der Waals surface area contributed by atoms with Gasteiger partial charge in [0.1, 0.15) is 24.4 Å². The minimum atomic E-state index is -1.53. The van der Waals surface area contributed by atoms with E-state index in [-0.39, 0.29) is 49.8 Å². The van der Waals surface area contributed by atoms with Crippen molar-refractivity contribution in [2.24, 2.45) is 17.8 Å². The SMILES string of the molecule is C=C[C@]1(OC[C@H]2O[C@H](CC)[C@H](Cc3ccccc3)[C@@H](Cc3ccccc3)[C@@H]2Cc2ccccc2)O[C@H](COCc2ccccc2)[C@H](OCc2ccccc2)[C@H](OCc2ccccc2)[C@H]1OCc1ccccc1. The predicted molar refractivity (Wildman–Crippen MR) is 285 cm³/mol. The summed E-state index contributed by atoms with van der Waals surface area (Å²) in [5.74, 6) is -0.931. The van der Waals surface area contributed by atoms with E-state index in [0.29, 0.717) is 19.8 Å². The van der Waals surface area contributed by atoms with E-state index in [1.165, 1.54) is 16.7 Å². The lowest BCUT2D eigenvalue weighted by Crippen LogP contribution is -2.68. The van der Waals surface area contributed by atoms with E-state index in [9.17, 15) is 0 Å². The Morgan fingerprint density at radius 2 is 0.792 bits per heavy atom. The number of rotatable bonds is 24. The van der Waals surface area contributed by atoms with Gasteiger partial charge < -0.3 is 33.2 Å². The third kappa shape index (κ3) is 13.5. The molecule has 2 aliphatic heterocycles. The van der Waals surface area contributed by atoms with Crippen LogP contribution >= 0.6 is 0 Å². The molecule has 9 rings (SSSR count). The Bertz CT molecular complexity index is 2600. The summed E-state index contributed by atoms with van der Waals surface area (Å²) in [5.41, 5.74) is 8.02. The highest BCUT2D eigenvalue weighted by atomic mass is 16.7. The largest absolute Gasteiger partial charge is 0.374 e. The third-order valence-corrected chi connectivity index (χ3v) is 14.5. The van der Waals surface area contributed by atoms with Crippen molar-refractivity contribution < 1.29 is 33.2 Å². The Balaban J connectivity index is 1.10. The maximum atomic E-state index is 7.48. The van der Waals surface area contributed by atoms with Gasteiger partial charge in [0, 0.05) is 0 Å². The Kier molecular flexibility index (Phi) is 18.5. The summed E-state index contributed by atoms with van der Waals surface area (Å²) in [7, 11) is 0. The van der Waals surface area contributed by atoms with Crippen LogP contribution in [-0.4, -0.2) is 55.6 Å². The number of hydrogen-bond donors (Lipinski definition) is 0. The molecular formula is C65H70O7. The average molecular weight is 963 g/mol. The molecule has 0 radical (unpaired) electrons. The minimum absolute atomic E-state index is 0.0199. The van der Waals surface area contributed by atoms with E-state index in [4.69, 9.17) is 33.2 Å². The molecule has 0 N–H and O–H groups in total. The molecule has 0 saturated carbocycles. The Morgan fingerprint density at radius 3 is 1.22 bits per heavy atom. The molecule has 0 aromatic heterocycles. The maximum Gasteiger partial charge on any atom is 0.217 e. The molecule has 7 heteroatoms. The van der Waals surface area contributed by atoms with Crippen molar-refractivity contribution in [1.82, 2.24) is 0 Å². The van der Waals surface area contributed by atoms with E-state index in [0.717, 1.165) is 47.9 Å². The molecule has 2 saturated heterocycles. The molecule has 372 valence electrons. The molecule has 0 bridgehead atoms. The summed E-state index contributed by atoms with van der Waals surface area (Å²) < 4.78 is 50.3. The van der Waals surface area contributed by atoms with Crippen molar-refractivity contribution in [2.45, 2.75) is 101 Å². The highest BCUT2D eigenvalue weighted by Gasteiger charge is 2.57. The molecule has 2 fully saturated rings. The molecule has 0 aliphatic carbocycles. The predicted octanol–water partition coefficient (Wildman–Crippen LogP) is 13.0. The fraction of sp³-hybridized carbons (Fsp3) is 0.323. The minimum Gasteiger partial charge on any atom is -0.374 e. The number of hydrogen-bond acceptors (Lipinski definition) is 7. The van der Waals surface area contributed by atoms with Gasteiger partial charge in [-0.25, -0.2) is 0 Å². The lowest BCUT2D eigenvalue weighted by Gasteiger charge is -2.52. The molecule has 7 aromatic carbocycles. The van der Waals surface area contributed by atoms with Crippen molar-refractivity contribution in [3.05, 3.63) is 264 Å². The maximum absolute atomic E-state index is 7.48. The lowest BCUT2D eigenvalue weighted by molar-refractivity contribution is -0.369. The topological polar surface area (TPSA) is 64.6 Å². The zero-order valence-electron chi connectivity index (χ0n) is 41.6. The second-order valence-electron chi connectivity index (χ2n) is 19.3. The molecular weight excluding hydrogens is 893 g/mol. The number of benzene rings is 7. The fourth-order valence-corrected chi connectivity index (χ4v) is 10.8. The van der Waals surface area contributed by atoms with Crippen LogP contribution in [0.25, 0.3) is 0 Å². The second kappa shape index (κ2) is 26.1. The van der Waals surface area contributed by atoms with Gasteiger partial charge in [-0.3, -0.25) is 0 Å². The molecule has 0 spiro atoms. The first-order valence-electron chi connectivity index (χ1n) is 25.9. The zero-order valence-corrected chi connectivity index (χ0v) is 41.6. The van der Waals surface area contributed by atoms with Gasteiger partial charge in [-0.2, -0.15) is 0 Å². The van der Waals surface area contributed by atoms with Gasteiger partial charge in [-0.15, -0.1) is 0 Å². The summed E-state index contributed by atoms with van der Waals surface area (Å²) in [4.78, 5) is 0. The van der Waals surface area contributed by atoms with Crippen LogP contribution in [0.15, 0.2) is 225 Å². The van der Waals surface area contributed by atoms with Crippen molar-refractivity contribution in [3.63, 3.8) is 0 Å². The zero-order chi connectivity index (χ0) is 49.2. The van der Waals surface area contributed by atoms with Crippen molar-refractivity contribution >= 4 is 0 Å². The molecule has 7 aromatic rings. The summed E-state index contributed by atoms with van der Waals surface area (Å²) >= 11 is 0. The van der Waals surface area contributed by atoms with Crippen LogP contribution in [0.4, 0.5) is 0 Å². The summed E-state index contributed by atoms with van der Waals surface area (Å²) in [5, 5.41) is 0. The number of ether oxygens (including phenoxy) is 7. The Morgan fingerprint density at radius 1 is 0.417 bits per heavy atom. The van der Waals surface area contributed by atoms with E-state index >= 15 is 0 Å². The first-order valence-corrected chi connectivity index (χ1v) is 25.9. The smallest absolute Gasteiger partial charge is 0.217 e. The first kappa shape index (κ1) is 50.9. The normalized spacial score (nSPS) is 25.2. The standard InChI is InChI=1S/C65H70O7/c1-3-59-57(41-50-28-14-6-15-29-50)56(40-49-26-12-5-13-27-49)58(42-51-30-16-7-17-31-51)60(71-59)48-70-65(4-2)64(69-46-55-38-24-11-25-39-55)63(68-45-54-36-22-10-23-37-54)62(67-44-53-34-20-9-21-35-53)61(72-65)47-66-43-52-32-18-8-19-33-52/h4-39,56-64H,2-3,40-48H2,1H3/t56-,57-,58+,59-,60-,61-,62+,63+,64-,65+/m1/s1. The molecule has 10 atom stereocenters. The monoisotopic (exact) mass is 963 g/mol. The van der Waals surface area contributed by atoms with Crippen molar-refractivity contribution in [3.8, 4) is 0 Å². The van der Waals surface area contributed by atoms with E-state index in [1.807, 2.05) is 72.8 Å². The summed E-state index contributed by atoms with van der Waals surface area (Å²) in [6, 6.07) is 73.5. The van der Waals surface area contributed by atoms with Gasteiger partial charge in [0.2, 0.25) is 5.79 Å². The van der Waals surface area contributed by atoms with Crippen LogP contribution in [0, 0.1) is 17.8 Å². The highest BCUT2D eigenvalue weighted by molar-refractivity contribution is 5.23. The van der Waals surface area contributed by atoms with Gasteiger partial charge in [0.25, 0.3) is 0 Å². The first-order chi connectivity index (χ1) is 35.6. The molecule has 7 nitrogen and oxygen atoms in total. The molecule has 0 unspecified atom stereocenters. The van der Waals surface area contributed by atoms with Gasteiger partial charge in [0.15, 0.2) is 0 Å². The van der Waals surface area contributed by atoms with Gasteiger partial charge in [0.05, 0.1) is 51.8 Å². The molecule has 72 heavy (non-hydrogen) atoms. The molecule has 2 aliphatic rings. The van der Waals surface area contributed by atoms with E-state index in [1.54, 1.807) is 6.08 Å². The van der Waals surface area contributed by atoms with Crippen LogP contribution in [-0.2, 0) is 78.8 Å². The summed E-state index contributed by atoms with van der Waals surface area (Å²) in [6.45, 7) is 8.45.